The van der Waals surface area contributed by atoms with Crippen molar-refractivity contribution in [1.82, 2.24) is 5.32 Å². The molecule has 2 fully saturated rings. The largest absolute Gasteiger partial charge is 0.353 e. The lowest BCUT2D eigenvalue weighted by Crippen LogP contribution is -2.39. The molecule has 1 amide bonds. The summed E-state index contributed by atoms with van der Waals surface area (Å²) < 4.78 is 11.3. The molecule has 98 valence electrons. The molecule has 1 saturated carbocycles. The van der Waals surface area contributed by atoms with Gasteiger partial charge in [0, 0.05) is 30.6 Å². The summed E-state index contributed by atoms with van der Waals surface area (Å²) in [5, 5.41) is 3.10. The Bertz CT molecular complexity index is 279. The van der Waals surface area contributed by atoms with E-state index < -0.39 is 0 Å². The fourth-order valence-electron chi connectivity index (χ4n) is 2.53. The van der Waals surface area contributed by atoms with Gasteiger partial charge in [0.1, 0.15) is 0 Å². The number of carbonyl (C=O) groups excluding carboxylic acids is 1. The Balaban J connectivity index is 1.79. The molecule has 2 aliphatic rings. The Morgan fingerprint density at radius 1 is 1.53 bits per heavy atom. The maximum atomic E-state index is 11.9. The van der Waals surface area contributed by atoms with E-state index in [1.807, 2.05) is 13.2 Å². The van der Waals surface area contributed by atoms with Crippen molar-refractivity contribution in [2.45, 2.75) is 38.0 Å². The van der Waals surface area contributed by atoms with E-state index in [1.54, 1.807) is 11.8 Å². The van der Waals surface area contributed by atoms with Crippen LogP contribution in [-0.4, -0.2) is 43.0 Å². The molecule has 1 saturated heterocycles. The van der Waals surface area contributed by atoms with Crippen molar-refractivity contribution < 1.29 is 14.3 Å². The fourth-order valence-corrected chi connectivity index (χ4v) is 3.18. The Hall–Kier alpha value is -0.260. The predicted molar refractivity (Wildman–Crippen MR) is 68.0 cm³/mol. The summed E-state index contributed by atoms with van der Waals surface area (Å²) in [5.74, 6) is 0.712. The number of thioether (sulfide) groups is 1. The molecule has 0 radical (unpaired) electrons. The van der Waals surface area contributed by atoms with E-state index >= 15 is 0 Å². The van der Waals surface area contributed by atoms with Crippen LogP contribution in [0, 0.1) is 5.92 Å². The Morgan fingerprint density at radius 3 is 2.88 bits per heavy atom. The molecule has 17 heavy (non-hydrogen) atoms. The lowest BCUT2D eigenvalue weighted by atomic mass is 10.1. The maximum Gasteiger partial charge on any atom is 0.223 e. The van der Waals surface area contributed by atoms with E-state index in [-0.39, 0.29) is 23.7 Å². The van der Waals surface area contributed by atoms with Crippen molar-refractivity contribution in [2.75, 3.05) is 25.2 Å². The molecule has 1 aliphatic carbocycles. The Morgan fingerprint density at radius 2 is 2.24 bits per heavy atom. The van der Waals surface area contributed by atoms with Crippen LogP contribution in [0.1, 0.15) is 26.2 Å². The average Bonchev–Trinajstić information content (AvgIpc) is 2.90. The number of carbonyl (C=O) groups is 1. The topological polar surface area (TPSA) is 47.6 Å². The van der Waals surface area contributed by atoms with Crippen LogP contribution in [0.15, 0.2) is 0 Å². The van der Waals surface area contributed by atoms with Gasteiger partial charge in [-0.1, -0.05) is 6.92 Å². The first-order valence-corrected chi connectivity index (χ1v) is 7.62. The van der Waals surface area contributed by atoms with Crippen LogP contribution in [0.2, 0.25) is 0 Å². The minimum atomic E-state index is -0.388. The first kappa shape index (κ1) is 13.2. The summed E-state index contributed by atoms with van der Waals surface area (Å²) in [4.78, 5) is 11.9. The van der Waals surface area contributed by atoms with Gasteiger partial charge in [0.25, 0.3) is 0 Å². The third-order valence-electron chi connectivity index (χ3n) is 3.46. The molecule has 0 bridgehead atoms. The van der Waals surface area contributed by atoms with Crippen LogP contribution in [0.4, 0.5) is 0 Å². The van der Waals surface area contributed by atoms with Crippen LogP contribution in [0.5, 0.6) is 0 Å². The monoisotopic (exact) mass is 259 g/mol. The molecule has 1 aliphatic heterocycles. The molecule has 2 atom stereocenters. The number of nitrogens with one attached hydrogen (secondary N) is 1. The van der Waals surface area contributed by atoms with Crippen molar-refractivity contribution in [2.24, 2.45) is 5.92 Å². The Labute approximate surface area is 107 Å². The molecule has 4 nitrogen and oxygen atoms in total. The maximum absolute atomic E-state index is 11.9. The first-order valence-electron chi connectivity index (χ1n) is 6.22. The number of hydrogen-bond donors (Lipinski definition) is 1. The minimum absolute atomic E-state index is 0.0759. The van der Waals surface area contributed by atoms with Crippen molar-refractivity contribution in [3.63, 3.8) is 0 Å². The van der Waals surface area contributed by atoms with Gasteiger partial charge in [-0.15, -0.1) is 0 Å². The third kappa shape index (κ3) is 3.14. The van der Waals surface area contributed by atoms with Gasteiger partial charge in [0.05, 0.1) is 13.2 Å². The number of rotatable bonds is 4. The van der Waals surface area contributed by atoms with E-state index in [1.165, 1.54) is 0 Å². The van der Waals surface area contributed by atoms with Gasteiger partial charge < -0.3 is 14.8 Å². The number of hydrogen-bond acceptors (Lipinski definition) is 4. The molecule has 2 rings (SSSR count). The zero-order chi connectivity index (χ0) is 12.3. The van der Waals surface area contributed by atoms with Crippen LogP contribution < -0.4 is 5.32 Å². The van der Waals surface area contributed by atoms with Gasteiger partial charge in [-0.2, -0.15) is 11.8 Å². The zero-order valence-corrected chi connectivity index (χ0v) is 11.3. The van der Waals surface area contributed by atoms with Crippen LogP contribution in [0.3, 0.4) is 0 Å². The second kappa shape index (κ2) is 5.59. The molecular weight excluding hydrogens is 238 g/mol. The molecule has 0 aromatic rings. The van der Waals surface area contributed by atoms with Crippen LogP contribution in [-0.2, 0) is 14.3 Å². The minimum Gasteiger partial charge on any atom is -0.353 e. The summed E-state index contributed by atoms with van der Waals surface area (Å²) in [6.45, 7) is 3.34. The first-order chi connectivity index (χ1) is 8.15. The normalized spacial score (nSPS) is 28.5. The number of ether oxygens (including phenoxy) is 2. The smallest absolute Gasteiger partial charge is 0.223 e. The van der Waals surface area contributed by atoms with Gasteiger partial charge in [-0.25, -0.2) is 0 Å². The lowest BCUT2D eigenvalue weighted by Gasteiger charge is -2.22. The molecule has 1 spiro atoms. The summed E-state index contributed by atoms with van der Waals surface area (Å²) in [6, 6.07) is 0.213. The highest BCUT2D eigenvalue weighted by molar-refractivity contribution is 7.98. The predicted octanol–water partition coefficient (Wildman–Crippen LogP) is 1.40. The summed E-state index contributed by atoms with van der Waals surface area (Å²) in [7, 11) is 0. The highest BCUT2D eigenvalue weighted by Crippen LogP contribution is 2.37. The van der Waals surface area contributed by atoms with E-state index in [0.717, 1.165) is 25.0 Å². The molecule has 0 aromatic heterocycles. The van der Waals surface area contributed by atoms with E-state index in [2.05, 4.69) is 5.32 Å². The van der Waals surface area contributed by atoms with E-state index in [9.17, 15) is 4.79 Å². The highest BCUT2D eigenvalue weighted by atomic mass is 32.2. The van der Waals surface area contributed by atoms with Gasteiger partial charge in [-0.3, -0.25) is 4.79 Å². The van der Waals surface area contributed by atoms with Crippen LogP contribution in [0.25, 0.3) is 0 Å². The van der Waals surface area contributed by atoms with Gasteiger partial charge in [-0.05, 0) is 12.7 Å². The Kier molecular flexibility index (Phi) is 4.33. The van der Waals surface area contributed by atoms with Gasteiger partial charge in [0.15, 0.2) is 5.79 Å². The van der Waals surface area contributed by atoms with Gasteiger partial charge in [0.2, 0.25) is 5.91 Å². The zero-order valence-electron chi connectivity index (χ0n) is 10.5. The summed E-state index contributed by atoms with van der Waals surface area (Å²) in [5.41, 5.74) is 0. The number of amides is 1. The SMILES string of the molecule is CSC[C@H](C)C(=O)N[C@H]1CCC2(C1)OCCO2. The van der Waals surface area contributed by atoms with Crippen molar-refractivity contribution >= 4 is 17.7 Å². The average molecular weight is 259 g/mol. The van der Waals surface area contributed by atoms with Crippen molar-refractivity contribution in [3.8, 4) is 0 Å². The lowest BCUT2D eigenvalue weighted by molar-refractivity contribution is -0.151. The molecule has 0 aromatic carbocycles. The molecular formula is C12H21NO3S. The van der Waals surface area contributed by atoms with Crippen LogP contribution >= 0.6 is 11.8 Å². The fraction of sp³-hybridized carbons (Fsp3) is 0.917. The van der Waals surface area contributed by atoms with E-state index in [4.69, 9.17) is 9.47 Å². The van der Waals surface area contributed by atoms with Crippen molar-refractivity contribution in [1.29, 1.82) is 0 Å². The highest BCUT2D eigenvalue weighted by Gasteiger charge is 2.44. The molecule has 1 N–H and O–H groups in total. The molecule has 5 heteroatoms. The molecule has 1 heterocycles. The quantitative estimate of drug-likeness (QED) is 0.829. The summed E-state index contributed by atoms with van der Waals surface area (Å²) in [6.07, 6.45) is 4.67. The second-order valence-corrected chi connectivity index (χ2v) is 5.82. The van der Waals surface area contributed by atoms with Crippen molar-refractivity contribution in [3.05, 3.63) is 0 Å². The second-order valence-electron chi connectivity index (χ2n) is 4.91. The van der Waals surface area contributed by atoms with E-state index in [0.29, 0.717) is 13.2 Å². The van der Waals surface area contributed by atoms with Gasteiger partial charge >= 0.3 is 0 Å². The summed E-state index contributed by atoms with van der Waals surface area (Å²) >= 11 is 1.70. The third-order valence-corrected chi connectivity index (χ3v) is 4.29. The molecule has 0 unspecified atom stereocenters. The standard InChI is InChI=1S/C12H21NO3S/c1-9(8-17-2)11(14)13-10-3-4-12(7-10)15-5-6-16-12/h9-10H,3-8H2,1-2H3,(H,13,14)/t9-,10-/m0/s1.